The van der Waals surface area contributed by atoms with Gasteiger partial charge in [0.25, 0.3) is 0 Å². The monoisotopic (exact) mass is 264 g/mol. The van der Waals surface area contributed by atoms with Crippen molar-refractivity contribution in [1.29, 1.82) is 0 Å². The highest BCUT2D eigenvalue weighted by atomic mass is 16.3. The van der Waals surface area contributed by atoms with Crippen LogP contribution in [0.3, 0.4) is 0 Å². The zero-order valence-electron chi connectivity index (χ0n) is 12.7. The molecule has 1 N–H and O–H groups in total. The summed E-state index contributed by atoms with van der Waals surface area (Å²) in [4.78, 5) is 0. The predicted molar refractivity (Wildman–Crippen MR) is 78.2 cm³/mol. The third kappa shape index (κ3) is 2.86. The number of nitrogens with zero attached hydrogens (tertiary/aromatic N) is 2. The molecule has 0 radical (unpaired) electrons. The zero-order chi connectivity index (χ0) is 13.8. The van der Waals surface area contributed by atoms with Crippen LogP contribution in [0.25, 0.3) is 0 Å². The van der Waals surface area contributed by atoms with Crippen molar-refractivity contribution in [3.63, 3.8) is 0 Å². The van der Waals surface area contributed by atoms with Gasteiger partial charge in [-0.2, -0.15) is 5.10 Å². The lowest BCUT2D eigenvalue weighted by molar-refractivity contribution is 0.250. The molecule has 0 amide bonds. The third-order valence-corrected chi connectivity index (χ3v) is 4.77. The van der Waals surface area contributed by atoms with Gasteiger partial charge in [-0.25, -0.2) is 0 Å². The third-order valence-electron chi connectivity index (χ3n) is 4.77. The van der Waals surface area contributed by atoms with Gasteiger partial charge >= 0.3 is 0 Å². The maximum atomic E-state index is 9.60. The van der Waals surface area contributed by atoms with E-state index in [1.165, 1.54) is 37.8 Å². The van der Waals surface area contributed by atoms with Crippen LogP contribution >= 0.6 is 0 Å². The Kier molecular flexibility index (Phi) is 5.03. The van der Waals surface area contributed by atoms with E-state index in [0.29, 0.717) is 6.04 Å². The molecule has 3 nitrogen and oxygen atoms in total. The zero-order valence-corrected chi connectivity index (χ0v) is 12.7. The van der Waals surface area contributed by atoms with Crippen molar-refractivity contribution in [3.05, 3.63) is 17.0 Å². The highest BCUT2D eigenvalue weighted by Crippen LogP contribution is 2.35. The average molecular weight is 264 g/mol. The van der Waals surface area contributed by atoms with E-state index in [-0.39, 0.29) is 6.61 Å². The summed E-state index contributed by atoms with van der Waals surface area (Å²) < 4.78 is 2.25. The van der Waals surface area contributed by atoms with Gasteiger partial charge in [-0.1, -0.05) is 27.2 Å². The molecule has 1 aromatic heterocycles. The second-order valence-corrected chi connectivity index (χ2v) is 5.76. The Morgan fingerprint density at radius 2 is 1.79 bits per heavy atom. The molecule has 2 rings (SSSR count). The van der Waals surface area contributed by atoms with Crippen LogP contribution in [0.2, 0.25) is 0 Å². The normalized spacial score (nSPS) is 23.8. The van der Waals surface area contributed by atoms with Gasteiger partial charge in [-0.15, -0.1) is 0 Å². The van der Waals surface area contributed by atoms with Gasteiger partial charge in [0, 0.05) is 11.3 Å². The van der Waals surface area contributed by atoms with E-state index in [9.17, 15) is 5.11 Å². The first kappa shape index (κ1) is 14.6. The molecule has 0 spiro atoms. The minimum atomic E-state index is 0.136. The second-order valence-electron chi connectivity index (χ2n) is 5.76. The summed E-state index contributed by atoms with van der Waals surface area (Å²) in [6.45, 7) is 6.73. The molecule has 1 aliphatic rings. The number of hydrogen-bond acceptors (Lipinski definition) is 2. The van der Waals surface area contributed by atoms with Gasteiger partial charge in [-0.05, 0) is 44.4 Å². The van der Waals surface area contributed by atoms with Crippen LogP contribution in [0.1, 0.15) is 75.9 Å². The van der Waals surface area contributed by atoms with Crippen molar-refractivity contribution in [2.45, 2.75) is 78.4 Å². The molecule has 0 saturated heterocycles. The van der Waals surface area contributed by atoms with Gasteiger partial charge in [0.15, 0.2) is 0 Å². The molecule has 1 heterocycles. The minimum Gasteiger partial charge on any atom is -0.392 e. The highest BCUT2D eigenvalue weighted by Gasteiger charge is 2.25. The van der Waals surface area contributed by atoms with Gasteiger partial charge in [-0.3, -0.25) is 4.68 Å². The molecule has 1 saturated carbocycles. The van der Waals surface area contributed by atoms with Crippen molar-refractivity contribution in [1.82, 2.24) is 9.78 Å². The molecule has 0 unspecified atom stereocenters. The quantitative estimate of drug-likeness (QED) is 0.881. The van der Waals surface area contributed by atoms with Crippen LogP contribution in [0, 0.1) is 5.92 Å². The highest BCUT2D eigenvalue weighted by molar-refractivity contribution is 5.26. The van der Waals surface area contributed by atoms with E-state index in [1.54, 1.807) is 0 Å². The molecule has 0 atom stereocenters. The Morgan fingerprint density at radius 1 is 1.11 bits per heavy atom. The molecule has 0 aliphatic heterocycles. The maximum absolute atomic E-state index is 9.60. The summed E-state index contributed by atoms with van der Waals surface area (Å²) >= 11 is 0. The Labute approximate surface area is 117 Å². The van der Waals surface area contributed by atoms with E-state index in [1.807, 2.05) is 0 Å². The van der Waals surface area contributed by atoms with Crippen LogP contribution in [0.15, 0.2) is 0 Å². The van der Waals surface area contributed by atoms with Crippen molar-refractivity contribution in [2.24, 2.45) is 5.92 Å². The van der Waals surface area contributed by atoms with E-state index in [0.717, 1.165) is 30.0 Å². The molecular weight excluding hydrogens is 236 g/mol. The van der Waals surface area contributed by atoms with Crippen LogP contribution in [-0.2, 0) is 19.4 Å². The van der Waals surface area contributed by atoms with Gasteiger partial charge in [0.05, 0.1) is 18.3 Å². The molecule has 0 bridgehead atoms. The fraction of sp³-hybridized carbons (Fsp3) is 0.812. The fourth-order valence-electron chi connectivity index (χ4n) is 3.50. The number of aliphatic hydroxyl groups is 1. The molecule has 3 heteroatoms. The Balaban J connectivity index is 2.22. The summed E-state index contributed by atoms with van der Waals surface area (Å²) in [5, 5.41) is 14.4. The lowest BCUT2D eigenvalue weighted by Crippen LogP contribution is -2.20. The van der Waals surface area contributed by atoms with Crippen LogP contribution in [-0.4, -0.2) is 14.9 Å². The van der Waals surface area contributed by atoms with Gasteiger partial charge < -0.3 is 5.11 Å². The number of aliphatic hydroxyl groups excluding tert-OH is 1. The number of aromatic nitrogens is 2. The van der Waals surface area contributed by atoms with Crippen molar-refractivity contribution in [2.75, 3.05) is 0 Å². The van der Waals surface area contributed by atoms with E-state index >= 15 is 0 Å². The first-order valence-corrected chi connectivity index (χ1v) is 7.94. The lowest BCUT2D eigenvalue weighted by Gasteiger charge is -2.29. The average Bonchev–Trinajstić information content (AvgIpc) is 2.84. The van der Waals surface area contributed by atoms with Gasteiger partial charge in [0.1, 0.15) is 0 Å². The summed E-state index contributed by atoms with van der Waals surface area (Å²) in [5.74, 6) is 0.917. The largest absolute Gasteiger partial charge is 0.392 e. The number of rotatable bonds is 5. The summed E-state index contributed by atoms with van der Waals surface area (Å²) in [6, 6.07) is 0.559. The van der Waals surface area contributed by atoms with Crippen LogP contribution in [0.4, 0.5) is 0 Å². The lowest BCUT2D eigenvalue weighted by atomic mass is 9.84. The first-order valence-electron chi connectivity index (χ1n) is 7.94. The molecule has 1 fully saturated rings. The van der Waals surface area contributed by atoms with Crippen molar-refractivity contribution in [3.8, 4) is 0 Å². The molecular formula is C16H28N2O. The first-order chi connectivity index (χ1) is 9.24. The Hall–Kier alpha value is -0.830. The smallest absolute Gasteiger partial charge is 0.0718 e. The SMILES string of the molecule is CCc1nn(C2CCC(CC)CC2)c(CC)c1CO. The van der Waals surface area contributed by atoms with E-state index < -0.39 is 0 Å². The summed E-state index contributed by atoms with van der Waals surface area (Å²) in [7, 11) is 0. The number of aryl methyl sites for hydroxylation is 1. The minimum absolute atomic E-state index is 0.136. The molecule has 1 aliphatic carbocycles. The van der Waals surface area contributed by atoms with Gasteiger partial charge in [0.2, 0.25) is 0 Å². The molecule has 1 aromatic rings. The predicted octanol–water partition coefficient (Wildman–Crippen LogP) is 3.64. The Morgan fingerprint density at radius 3 is 2.26 bits per heavy atom. The molecule has 108 valence electrons. The fourth-order valence-corrected chi connectivity index (χ4v) is 3.50. The molecule has 19 heavy (non-hydrogen) atoms. The van der Waals surface area contributed by atoms with Crippen LogP contribution in [0.5, 0.6) is 0 Å². The summed E-state index contributed by atoms with van der Waals surface area (Å²) in [6.07, 6.45) is 8.37. The second kappa shape index (κ2) is 6.56. The summed E-state index contributed by atoms with van der Waals surface area (Å²) in [5.41, 5.74) is 3.44. The number of hydrogen-bond donors (Lipinski definition) is 1. The Bertz CT molecular complexity index is 403. The van der Waals surface area contributed by atoms with Crippen LogP contribution < -0.4 is 0 Å². The molecule has 0 aromatic carbocycles. The maximum Gasteiger partial charge on any atom is 0.0718 e. The standard InChI is InChI=1S/C16H28N2O/c1-4-12-7-9-13(10-8-12)18-16(6-3)14(11-19)15(5-2)17-18/h12-13,19H,4-11H2,1-3H3. The van der Waals surface area contributed by atoms with E-state index in [2.05, 4.69) is 25.5 Å². The van der Waals surface area contributed by atoms with E-state index in [4.69, 9.17) is 5.10 Å². The van der Waals surface area contributed by atoms with Crippen molar-refractivity contribution < 1.29 is 5.11 Å². The topological polar surface area (TPSA) is 38.0 Å². The van der Waals surface area contributed by atoms with Crippen molar-refractivity contribution >= 4 is 0 Å².